The summed E-state index contributed by atoms with van der Waals surface area (Å²) in [6.07, 6.45) is 0. The molecular weight excluding hydrogens is 234 g/mol. The predicted molar refractivity (Wildman–Crippen MR) is 72.3 cm³/mol. The lowest BCUT2D eigenvalue weighted by molar-refractivity contribution is -0.511. The molecule has 1 atom stereocenters. The van der Waals surface area contributed by atoms with Gasteiger partial charge in [0.1, 0.15) is 0 Å². The second kappa shape index (κ2) is 5.54. The first-order valence-electron chi connectivity index (χ1n) is 5.67. The molecule has 1 aromatic carbocycles. The summed E-state index contributed by atoms with van der Waals surface area (Å²) in [6.45, 7) is 8.15. The Labute approximate surface area is 107 Å². The van der Waals surface area contributed by atoms with Crippen molar-refractivity contribution >= 4 is 11.8 Å². The van der Waals surface area contributed by atoms with E-state index in [1.165, 1.54) is 17.3 Å². The van der Waals surface area contributed by atoms with E-state index in [0.717, 1.165) is 4.90 Å². The fraction of sp³-hybridized carbons (Fsp3) is 0.538. The van der Waals surface area contributed by atoms with Gasteiger partial charge in [0.2, 0.25) is 6.04 Å². The SMILES string of the molecule is CC(CSc1ccc(C(C)(C)C)cc1)[N+](=O)[O-]. The Morgan fingerprint density at radius 3 is 2.24 bits per heavy atom. The highest BCUT2D eigenvalue weighted by Gasteiger charge is 2.15. The van der Waals surface area contributed by atoms with E-state index in [4.69, 9.17) is 0 Å². The Kier molecular flexibility index (Phi) is 4.57. The average molecular weight is 253 g/mol. The number of thioether (sulfide) groups is 1. The maximum Gasteiger partial charge on any atom is 0.219 e. The molecule has 0 aromatic heterocycles. The second-order valence-corrected chi connectivity index (χ2v) is 6.31. The predicted octanol–water partition coefficient (Wildman–Crippen LogP) is 3.74. The summed E-state index contributed by atoms with van der Waals surface area (Å²) < 4.78 is 0. The van der Waals surface area contributed by atoms with Gasteiger partial charge in [0, 0.05) is 16.7 Å². The summed E-state index contributed by atoms with van der Waals surface area (Å²) in [7, 11) is 0. The molecule has 0 spiro atoms. The van der Waals surface area contributed by atoms with Gasteiger partial charge in [-0.1, -0.05) is 32.9 Å². The summed E-state index contributed by atoms with van der Waals surface area (Å²) >= 11 is 1.53. The number of nitrogens with zero attached hydrogens (tertiary/aromatic N) is 1. The Bertz CT molecular complexity index is 381. The Hall–Kier alpha value is -1.03. The number of rotatable bonds is 4. The van der Waals surface area contributed by atoms with Gasteiger partial charge in [-0.2, -0.15) is 0 Å². The van der Waals surface area contributed by atoms with Gasteiger partial charge in [0.05, 0.1) is 5.75 Å². The van der Waals surface area contributed by atoms with Gasteiger partial charge in [-0.15, -0.1) is 11.8 Å². The molecule has 17 heavy (non-hydrogen) atoms. The Balaban J connectivity index is 2.60. The first-order chi connectivity index (χ1) is 7.80. The van der Waals surface area contributed by atoms with Crippen LogP contribution in [-0.4, -0.2) is 16.7 Å². The van der Waals surface area contributed by atoms with Crippen LogP contribution in [0.1, 0.15) is 33.3 Å². The molecule has 0 heterocycles. The van der Waals surface area contributed by atoms with Crippen LogP contribution < -0.4 is 0 Å². The molecule has 0 saturated carbocycles. The molecule has 1 aromatic rings. The van der Waals surface area contributed by atoms with Crippen molar-refractivity contribution in [3.05, 3.63) is 39.9 Å². The molecule has 1 unspecified atom stereocenters. The molecule has 0 fully saturated rings. The number of hydrogen-bond acceptors (Lipinski definition) is 3. The third kappa shape index (κ3) is 4.38. The highest BCUT2D eigenvalue weighted by Crippen LogP contribution is 2.26. The van der Waals surface area contributed by atoms with E-state index in [0.29, 0.717) is 5.75 Å². The first kappa shape index (κ1) is 14.0. The van der Waals surface area contributed by atoms with Crippen LogP contribution in [0, 0.1) is 10.1 Å². The highest BCUT2D eigenvalue weighted by atomic mass is 32.2. The van der Waals surface area contributed by atoms with Gasteiger partial charge in [-0.3, -0.25) is 10.1 Å². The fourth-order valence-corrected chi connectivity index (χ4v) is 2.21. The largest absolute Gasteiger partial charge is 0.264 e. The molecule has 0 radical (unpaired) electrons. The minimum Gasteiger partial charge on any atom is -0.264 e. The summed E-state index contributed by atoms with van der Waals surface area (Å²) in [5, 5.41) is 10.5. The molecule has 3 nitrogen and oxygen atoms in total. The minimum atomic E-state index is -0.498. The number of hydrogen-bond donors (Lipinski definition) is 0. The molecular formula is C13H19NO2S. The van der Waals surface area contributed by atoms with E-state index in [-0.39, 0.29) is 10.3 Å². The van der Waals surface area contributed by atoms with Crippen molar-refractivity contribution < 1.29 is 4.92 Å². The van der Waals surface area contributed by atoms with Crippen molar-refractivity contribution in [3.8, 4) is 0 Å². The van der Waals surface area contributed by atoms with Crippen LogP contribution in [0.3, 0.4) is 0 Å². The minimum absolute atomic E-state index is 0.150. The van der Waals surface area contributed by atoms with Gasteiger partial charge in [0.15, 0.2) is 0 Å². The van der Waals surface area contributed by atoms with E-state index < -0.39 is 6.04 Å². The van der Waals surface area contributed by atoms with E-state index in [9.17, 15) is 10.1 Å². The summed E-state index contributed by atoms with van der Waals surface area (Å²) in [5.41, 5.74) is 1.43. The normalized spacial score (nSPS) is 13.4. The van der Waals surface area contributed by atoms with Crippen molar-refractivity contribution in [2.75, 3.05) is 5.75 Å². The maximum atomic E-state index is 10.5. The van der Waals surface area contributed by atoms with E-state index >= 15 is 0 Å². The molecule has 0 amide bonds. The van der Waals surface area contributed by atoms with Crippen LogP contribution in [0.4, 0.5) is 0 Å². The Morgan fingerprint density at radius 2 is 1.82 bits per heavy atom. The van der Waals surface area contributed by atoms with Crippen molar-refractivity contribution in [2.45, 2.75) is 44.0 Å². The second-order valence-electron chi connectivity index (χ2n) is 5.22. The van der Waals surface area contributed by atoms with Crippen LogP contribution >= 0.6 is 11.8 Å². The van der Waals surface area contributed by atoms with Crippen LogP contribution in [0.5, 0.6) is 0 Å². The van der Waals surface area contributed by atoms with Gasteiger partial charge >= 0.3 is 0 Å². The summed E-state index contributed by atoms with van der Waals surface area (Å²) in [4.78, 5) is 11.3. The standard InChI is InChI=1S/C13H19NO2S/c1-10(14(15)16)9-17-12-7-5-11(6-8-12)13(2,3)4/h5-8,10H,9H2,1-4H3. The van der Waals surface area contributed by atoms with Gasteiger partial charge in [-0.05, 0) is 23.1 Å². The lowest BCUT2D eigenvalue weighted by atomic mass is 9.87. The first-order valence-corrected chi connectivity index (χ1v) is 6.66. The molecule has 1 rings (SSSR count). The molecule has 0 bridgehead atoms. The number of benzene rings is 1. The smallest absolute Gasteiger partial charge is 0.219 e. The van der Waals surface area contributed by atoms with Crippen molar-refractivity contribution in [1.82, 2.24) is 0 Å². The van der Waals surface area contributed by atoms with Crippen LogP contribution in [-0.2, 0) is 5.41 Å². The maximum absolute atomic E-state index is 10.5. The summed E-state index contributed by atoms with van der Waals surface area (Å²) in [5.74, 6) is 0.516. The monoisotopic (exact) mass is 253 g/mol. The topological polar surface area (TPSA) is 43.1 Å². The number of nitro groups is 1. The molecule has 0 saturated heterocycles. The molecule has 94 valence electrons. The van der Waals surface area contributed by atoms with Gasteiger partial charge < -0.3 is 0 Å². The Morgan fingerprint density at radius 1 is 1.29 bits per heavy atom. The molecule has 4 heteroatoms. The van der Waals surface area contributed by atoms with E-state index in [1.807, 2.05) is 12.1 Å². The van der Waals surface area contributed by atoms with Crippen molar-refractivity contribution in [1.29, 1.82) is 0 Å². The van der Waals surface area contributed by atoms with Crippen molar-refractivity contribution in [2.24, 2.45) is 0 Å². The van der Waals surface area contributed by atoms with Crippen LogP contribution in [0.25, 0.3) is 0 Å². The molecule has 0 N–H and O–H groups in total. The molecule has 0 aliphatic rings. The zero-order valence-corrected chi connectivity index (χ0v) is 11.6. The summed E-state index contributed by atoms with van der Waals surface area (Å²) in [6, 6.07) is 7.77. The van der Waals surface area contributed by atoms with Gasteiger partial charge in [0.25, 0.3) is 0 Å². The zero-order chi connectivity index (χ0) is 13.1. The van der Waals surface area contributed by atoms with E-state index in [1.54, 1.807) is 6.92 Å². The van der Waals surface area contributed by atoms with Crippen LogP contribution in [0.15, 0.2) is 29.2 Å². The lowest BCUT2D eigenvalue weighted by Crippen LogP contribution is -2.17. The van der Waals surface area contributed by atoms with Crippen LogP contribution in [0.2, 0.25) is 0 Å². The third-order valence-electron chi connectivity index (χ3n) is 2.57. The lowest BCUT2D eigenvalue weighted by Gasteiger charge is -2.19. The fourth-order valence-electron chi connectivity index (χ4n) is 1.33. The highest BCUT2D eigenvalue weighted by molar-refractivity contribution is 7.99. The van der Waals surface area contributed by atoms with Gasteiger partial charge in [-0.25, -0.2) is 0 Å². The molecule has 0 aliphatic carbocycles. The quantitative estimate of drug-likeness (QED) is 0.466. The van der Waals surface area contributed by atoms with E-state index in [2.05, 4.69) is 32.9 Å². The zero-order valence-electron chi connectivity index (χ0n) is 10.8. The van der Waals surface area contributed by atoms with Crippen molar-refractivity contribution in [3.63, 3.8) is 0 Å². The average Bonchev–Trinajstić information content (AvgIpc) is 2.25. The molecule has 0 aliphatic heterocycles. The third-order valence-corrected chi connectivity index (χ3v) is 3.83.